The van der Waals surface area contributed by atoms with Crippen LogP contribution in [-0.2, 0) is 23.7 Å². The lowest BCUT2D eigenvalue weighted by Gasteiger charge is -2.64. The summed E-state index contributed by atoms with van der Waals surface area (Å²) in [5.41, 5.74) is -0.923. The number of carbonyl (C=O) groups is 1. The van der Waals surface area contributed by atoms with Crippen LogP contribution in [0.15, 0.2) is 12.2 Å². The zero-order valence-corrected chi connectivity index (χ0v) is 33.9. The molecule has 0 amide bonds. The summed E-state index contributed by atoms with van der Waals surface area (Å²) in [5, 5.41) is 95.9. The highest BCUT2D eigenvalue weighted by Crippen LogP contribution is 2.89. The van der Waals surface area contributed by atoms with Crippen molar-refractivity contribution < 1.29 is 69.7 Å². The first kappa shape index (κ1) is 43.0. The molecule has 2 aliphatic heterocycles. The van der Waals surface area contributed by atoms with E-state index in [-0.39, 0.29) is 51.1 Å². The van der Waals surface area contributed by atoms with Crippen LogP contribution in [0.2, 0.25) is 0 Å². The quantitative estimate of drug-likeness (QED) is 0.105. The highest BCUT2D eigenvalue weighted by Gasteiger charge is 2.84. The Bertz CT molecular complexity index is 1490. The van der Waals surface area contributed by atoms with Crippen LogP contribution in [0.5, 0.6) is 0 Å². The normalized spacial score (nSPS) is 53.9. The van der Waals surface area contributed by atoms with Crippen LogP contribution in [-0.4, -0.2) is 145 Å². The Morgan fingerprint density at radius 2 is 1.36 bits per heavy atom. The molecule has 21 unspecified atom stereocenters. The van der Waals surface area contributed by atoms with Crippen LogP contribution in [0, 0.1) is 50.7 Å². The predicted molar refractivity (Wildman–Crippen MR) is 199 cm³/mol. The van der Waals surface area contributed by atoms with E-state index in [0.29, 0.717) is 37.7 Å². The van der Waals surface area contributed by atoms with Crippen molar-refractivity contribution >= 4 is 5.78 Å². The Balaban J connectivity index is 1.17. The summed E-state index contributed by atoms with van der Waals surface area (Å²) in [4.78, 5) is 12.8. The maximum Gasteiger partial charge on any atom is 0.186 e. The summed E-state index contributed by atoms with van der Waals surface area (Å²) in [6.07, 6.45) is -9.22. The molecule has 2 heterocycles. The van der Waals surface area contributed by atoms with Gasteiger partial charge in [-0.25, -0.2) is 0 Å². The predicted octanol–water partition coefficient (Wildman–Crippen LogP) is 0.938. The third-order valence-corrected chi connectivity index (χ3v) is 17.3. The maximum atomic E-state index is 12.8. The summed E-state index contributed by atoms with van der Waals surface area (Å²) < 4.78 is 24.8. The SMILES string of the molecule is C=C(C)C(=O)CCC(C)C1C(OC2OC(CO)C(O)C(O)C2O)CC2(C)C3CC(O)C4C(C)(C)C(OC5OC(CO)C(O)C(O)C5O)CCC45CC35CCC12C. The molecule has 7 aliphatic rings. The summed E-state index contributed by atoms with van der Waals surface area (Å²) in [5.74, 6) is -0.0785. The van der Waals surface area contributed by atoms with E-state index in [1.165, 1.54) is 0 Å². The van der Waals surface area contributed by atoms with Gasteiger partial charge in [0.2, 0.25) is 0 Å². The number of ether oxygens (including phenoxy) is 4. The highest BCUT2D eigenvalue weighted by molar-refractivity contribution is 5.94. The molecular weight excluding hydrogens is 728 g/mol. The number of aliphatic hydroxyl groups is 9. The lowest BCUT2D eigenvalue weighted by molar-refractivity contribution is -0.329. The summed E-state index contributed by atoms with van der Waals surface area (Å²) in [6.45, 7) is 15.4. The second kappa shape index (κ2) is 14.8. The number of fused-ring (bicyclic) bond motifs is 2. The van der Waals surface area contributed by atoms with Gasteiger partial charge in [0.15, 0.2) is 18.4 Å². The molecule has 7 fully saturated rings. The van der Waals surface area contributed by atoms with E-state index >= 15 is 0 Å². The fourth-order valence-corrected chi connectivity index (χ4v) is 14.3. The van der Waals surface area contributed by atoms with Crippen molar-refractivity contribution in [1.29, 1.82) is 0 Å². The van der Waals surface area contributed by atoms with Gasteiger partial charge in [0.05, 0.1) is 31.5 Å². The molecule has 0 aromatic heterocycles. The Labute approximate surface area is 330 Å². The lowest BCUT2D eigenvalue weighted by Crippen LogP contribution is -2.63. The van der Waals surface area contributed by atoms with Crippen molar-refractivity contribution in [3.63, 3.8) is 0 Å². The van der Waals surface area contributed by atoms with E-state index in [9.17, 15) is 50.8 Å². The van der Waals surface area contributed by atoms with Gasteiger partial charge in [-0.15, -0.1) is 0 Å². The Hall–Kier alpha value is -1.11. The molecule has 0 aromatic carbocycles. The van der Waals surface area contributed by atoms with E-state index in [2.05, 4.69) is 41.2 Å². The fraction of sp³-hybridized carbons (Fsp3) is 0.929. The molecule has 14 nitrogen and oxygen atoms in total. The molecule has 9 N–H and O–H groups in total. The van der Waals surface area contributed by atoms with E-state index in [1.807, 2.05) is 0 Å². The first-order valence-electron chi connectivity index (χ1n) is 20.9. The van der Waals surface area contributed by atoms with Gasteiger partial charge in [-0.05, 0) is 115 Å². The lowest BCUT2D eigenvalue weighted by atomic mass is 9.41. The van der Waals surface area contributed by atoms with Crippen LogP contribution in [0.1, 0.15) is 99.3 Å². The smallest absolute Gasteiger partial charge is 0.186 e. The van der Waals surface area contributed by atoms with Crippen molar-refractivity contribution in [2.45, 2.75) is 179 Å². The summed E-state index contributed by atoms with van der Waals surface area (Å²) >= 11 is 0. The van der Waals surface area contributed by atoms with Crippen LogP contribution < -0.4 is 0 Å². The Morgan fingerprint density at radius 3 is 1.91 bits per heavy atom. The first-order chi connectivity index (χ1) is 26.2. The highest BCUT2D eigenvalue weighted by atomic mass is 16.7. The van der Waals surface area contributed by atoms with Crippen LogP contribution >= 0.6 is 0 Å². The molecular formula is C42H68O14. The largest absolute Gasteiger partial charge is 0.394 e. The van der Waals surface area contributed by atoms with E-state index in [1.54, 1.807) is 6.92 Å². The van der Waals surface area contributed by atoms with Crippen LogP contribution in [0.4, 0.5) is 0 Å². The molecule has 2 spiro atoms. The number of allylic oxidation sites excluding steroid dienone is 1. The number of hydrogen-bond acceptors (Lipinski definition) is 14. The zero-order valence-electron chi connectivity index (χ0n) is 33.9. The monoisotopic (exact) mass is 796 g/mol. The summed E-state index contributed by atoms with van der Waals surface area (Å²) in [7, 11) is 0. The number of rotatable bonds is 11. The minimum absolute atomic E-state index is 0.00636. The van der Waals surface area contributed by atoms with Gasteiger partial charge >= 0.3 is 0 Å². The number of aliphatic hydroxyl groups excluding tert-OH is 9. The third-order valence-electron chi connectivity index (χ3n) is 17.3. The first-order valence-corrected chi connectivity index (χ1v) is 20.9. The average Bonchev–Trinajstić information content (AvgIpc) is 3.73. The minimum Gasteiger partial charge on any atom is -0.394 e. The number of ketones is 1. The fourth-order valence-electron chi connectivity index (χ4n) is 14.3. The molecule has 21 atom stereocenters. The van der Waals surface area contributed by atoms with Gasteiger partial charge < -0.3 is 64.9 Å². The molecule has 0 aromatic rings. The van der Waals surface area contributed by atoms with E-state index in [0.717, 1.165) is 25.7 Å². The molecule has 0 radical (unpaired) electrons. The van der Waals surface area contributed by atoms with Gasteiger partial charge in [0, 0.05) is 6.42 Å². The Morgan fingerprint density at radius 1 is 0.786 bits per heavy atom. The molecule has 2 saturated heterocycles. The minimum atomic E-state index is -1.58. The number of hydrogen-bond donors (Lipinski definition) is 9. The number of carbonyl (C=O) groups excluding carboxylic acids is 1. The molecule has 0 bridgehead atoms. The zero-order chi connectivity index (χ0) is 41.1. The Kier molecular flexibility index (Phi) is 11.4. The molecule has 14 heteroatoms. The average molecular weight is 797 g/mol. The van der Waals surface area contributed by atoms with Gasteiger partial charge in [0.25, 0.3) is 0 Å². The summed E-state index contributed by atoms with van der Waals surface area (Å²) in [6, 6.07) is 0. The van der Waals surface area contributed by atoms with Crippen molar-refractivity contribution in [2.24, 2.45) is 50.7 Å². The van der Waals surface area contributed by atoms with Crippen molar-refractivity contribution in [3.05, 3.63) is 12.2 Å². The third kappa shape index (κ3) is 6.17. The second-order valence-electron chi connectivity index (χ2n) is 20.2. The molecule has 7 rings (SSSR count). The van der Waals surface area contributed by atoms with Crippen molar-refractivity contribution in [1.82, 2.24) is 0 Å². The molecule has 320 valence electrons. The van der Waals surface area contributed by atoms with Gasteiger partial charge in [-0.2, -0.15) is 0 Å². The molecule has 5 aliphatic carbocycles. The van der Waals surface area contributed by atoms with Crippen molar-refractivity contribution in [2.75, 3.05) is 13.2 Å². The molecule has 56 heavy (non-hydrogen) atoms. The maximum absolute atomic E-state index is 12.8. The number of Topliss-reactive ketones (excluding diaryl/α,β-unsaturated/α-hetero) is 1. The van der Waals surface area contributed by atoms with Crippen LogP contribution in [0.25, 0.3) is 0 Å². The van der Waals surface area contributed by atoms with Gasteiger partial charge in [-0.3, -0.25) is 4.79 Å². The van der Waals surface area contributed by atoms with Gasteiger partial charge in [-0.1, -0.05) is 41.2 Å². The standard InChI is InChI=1S/C42H68O14/c1-19(2)21(45)9-8-20(3)28-23(53-36-33(51)31(49)29(47)24(16-43)54-36)15-40(7)26-14-22(46)35-38(4,5)27(56-37-34(52)32(50)30(48)25(17-44)55-37)10-11-42(35)18-41(26,42)13-12-39(28,40)6/h20,22-37,43-44,46-52H,1,8-18H2,2-7H3. The molecule has 5 saturated carbocycles. The van der Waals surface area contributed by atoms with E-state index < -0.39 is 98.4 Å². The van der Waals surface area contributed by atoms with E-state index in [4.69, 9.17) is 18.9 Å². The van der Waals surface area contributed by atoms with Crippen LogP contribution in [0.3, 0.4) is 0 Å². The van der Waals surface area contributed by atoms with Gasteiger partial charge in [0.1, 0.15) is 48.8 Å². The van der Waals surface area contributed by atoms with Crippen molar-refractivity contribution in [3.8, 4) is 0 Å². The topological polar surface area (TPSA) is 236 Å². The second-order valence-corrected chi connectivity index (χ2v) is 20.2.